The van der Waals surface area contributed by atoms with Gasteiger partial charge in [-0.2, -0.15) is 0 Å². The van der Waals surface area contributed by atoms with Crippen molar-refractivity contribution in [3.05, 3.63) is 81.6 Å². The number of carbonyl (C=O) groups is 3. The number of ketones is 1. The van der Waals surface area contributed by atoms with E-state index in [-0.39, 0.29) is 19.1 Å². The van der Waals surface area contributed by atoms with Crippen molar-refractivity contribution in [2.75, 3.05) is 13.3 Å². The maximum atomic E-state index is 13.3. The van der Waals surface area contributed by atoms with Gasteiger partial charge in [0.05, 0.1) is 6.54 Å². The van der Waals surface area contributed by atoms with Gasteiger partial charge in [-0.3, -0.25) is 14.5 Å². The van der Waals surface area contributed by atoms with Gasteiger partial charge in [-0.05, 0) is 50.6 Å². The predicted octanol–water partition coefficient (Wildman–Crippen LogP) is 4.19. The van der Waals surface area contributed by atoms with Crippen LogP contribution in [-0.2, 0) is 16.9 Å². The fourth-order valence-corrected chi connectivity index (χ4v) is 4.99. The summed E-state index contributed by atoms with van der Waals surface area (Å²) >= 11 is 6.29. The van der Waals surface area contributed by atoms with E-state index < -0.39 is 17.5 Å². The normalized spacial score (nSPS) is 18.8. The smallest absolute Gasteiger partial charge is 0.325 e. The Bertz CT molecular complexity index is 1380. The van der Waals surface area contributed by atoms with Crippen molar-refractivity contribution in [3.8, 4) is 11.5 Å². The van der Waals surface area contributed by atoms with E-state index in [0.717, 1.165) is 21.9 Å². The van der Waals surface area contributed by atoms with E-state index in [1.807, 2.05) is 36.6 Å². The van der Waals surface area contributed by atoms with Gasteiger partial charge in [0, 0.05) is 34.1 Å². The highest BCUT2D eigenvalue weighted by Crippen LogP contribution is 2.34. The SMILES string of the molecule is Cc1cc(C(=O)CN2C(=O)N[C@](C)(c3ccccc3Cl)C2=O)c(C)n1Cc1ccc2c(c1)OCO2. The standard InChI is InChI=1S/C26H24ClN3O5/c1-15-10-18(16(2)29(15)12-17-8-9-22-23(11-17)35-14-34-22)21(31)13-30-24(32)26(3,28-25(30)33)19-6-4-5-7-20(19)27/h4-11H,12-14H2,1-3H3,(H,28,33)/t26-/m1/s1. The van der Waals surface area contributed by atoms with E-state index in [1.54, 1.807) is 37.3 Å². The number of carbonyl (C=O) groups excluding carboxylic acids is 3. The Morgan fingerprint density at radius 2 is 1.83 bits per heavy atom. The molecule has 3 aromatic rings. The second-order valence-electron chi connectivity index (χ2n) is 8.91. The molecule has 0 spiro atoms. The number of nitrogens with zero attached hydrogens (tertiary/aromatic N) is 2. The lowest BCUT2D eigenvalue weighted by Crippen LogP contribution is -2.41. The van der Waals surface area contributed by atoms with E-state index in [9.17, 15) is 14.4 Å². The molecule has 1 N–H and O–H groups in total. The Hall–Kier alpha value is -3.78. The molecular formula is C26H24ClN3O5. The highest BCUT2D eigenvalue weighted by atomic mass is 35.5. The zero-order valence-electron chi connectivity index (χ0n) is 19.6. The van der Waals surface area contributed by atoms with Crippen molar-refractivity contribution in [2.24, 2.45) is 0 Å². The van der Waals surface area contributed by atoms with Crippen molar-refractivity contribution in [2.45, 2.75) is 32.9 Å². The first kappa shape index (κ1) is 23.0. The fourth-order valence-electron chi connectivity index (χ4n) is 4.67. The van der Waals surface area contributed by atoms with Crippen molar-refractivity contribution >= 4 is 29.3 Å². The van der Waals surface area contributed by atoms with E-state index in [2.05, 4.69) is 5.32 Å². The first-order valence-corrected chi connectivity index (χ1v) is 11.5. The minimum Gasteiger partial charge on any atom is -0.454 e. The molecule has 0 aliphatic carbocycles. The molecule has 0 bridgehead atoms. The summed E-state index contributed by atoms with van der Waals surface area (Å²) in [4.78, 5) is 40.2. The molecule has 180 valence electrons. The number of nitrogens with one attached hydrogen (secondary N) is 1. The van der Waals surface area contributed by atoms with Gasteiger partial charge in [-0.15, -0.1) is 0 Å². The molecule has 9 heteroatoms. The van der Waals surface area contributed by atoms with Crippen LogP contribution in [0.3, 0.4) is 0 Å². The summed E-state index contributed by atoms with van der Waals surface area (Å²) in [5, 5.41) is 3.07. The Labute approximate surface area is 207 Å². The minimum absolute atomic E-state index is 0.206. The van der Waals surface area contributed by atoms with E-state index in [0.29, 0.717) is 34.2 Å². The lowest BCUT2D eigenvalue weighted by Gasteiger charge is -2.23. The number of hydrogen-bond donors (Lipinski definition) is 1. The van der Waals surface area contributed by atoms with Crippen LogP contribution in [0.15, 0.2) is 48.5 Å². The average molecular weight is 494 g/mol. The number of rotatable bonds is 6. The number of halogens is 1. The van der Waals surface area contributed by atoms with Crippen LogP contribution in [0.4, 0.5) is 4.79 Å². The van der Waals surface area contributed by atoms with E-state index >= 15 is 0 Å². The number of urea groups is 1. The zero-order valence-corrected chi connectivity index (χ0v) is 20.3. The molecule has 3 heterocycles. The Kier molecular flexibility index (Phi) is 5.56. The summed E-state index contributed by atoms with van der Waals surface area (Å²) in [7, 11) is 0. The van der Waals surface area contributed by atoms with Crippen LogP contribution in [0.5, 0.6) is 11.5 Å². The maximum Gasteiger partial charge on any atom is 0.325 e. The van der Waals surface area contributed by atoms with Crippen LogP contribution in [0.2, 0.25) is 5.02 Å². The number of hydrogen-bond acceptors (Lipinski definition) is 5. The number of benzene rings is 2. The molecule has 35 heavy (non-hydrogen) atoms. The lowest BCUT2D eigenvalue weighted by atomic mass is 9.92. The largest absolute Gasteiger partial charge is 0.454 e. The molecule has 0 unspecified atom stereocenters. The molecule has 0 saturated carbocycles. The van der Waals surface area contributed by atoms with Crippen molar-refractivity contribution < 1.29 is 23.9 Å². The summed E-state index contributed by atoms with van der Waals surface area (Å²) < 4.78 is 12.9. The molecule has 1 saturated heterocycles. The molecule has 8 nitrogen and oxygen atoms in total. The summed E-state index contributed by atoms with van der Waals surface area (Å²) in [6, 6.07) is 13.7. The number of amides is 3. The van der Waals surface area contributed by atoms with Crippen molar-refractivity contribution in [1.82, 2.24) is 14.8 Å². The highest BCUT2D eigenvalue weighted by Gasteiger charge is 2.50. The van der Waals surface area contributed by atoms with Crippen LogP contribution >= 0.6 is 11.6 Å². The Morgan fingerprint density at radius 1 is 1.09 bits per heavy atom. The van der Waals surface area contributed by atoms with Crippen LogP contribution in [0.25, 0.3) is 0 Å². The molecule has 2 aliphatic heterocycles. The lowest BCUT2D eigenvalue weighted by molar-refractivity contribution is -0.130. The molecule has 2 aromatic carbocycles. The second kappa shape index (κ2) is 8.46. The number of Topliss-reactive ketones (excluding diaryl/α,β-unsaturated/α-hetero) is 1. The summed E-state index contributed by atoms with van der Waals surface area (Å²) in [5.41, 5.74) is 2.26. The monoisotopic (exact) mass is 493 g/mol. The molecular weight excluding hydrogens is 470 g/mol. The number of imide groups is 1. The number of fused-ring (bicyclic) bond motifs is 1. The third kappa shape index (κ3) is 3.83. The van der Waals surface area contributed by atoms with Crippen LogP contribution in [0.1, 0.15) is 39.8 Å². The highest BCUT2D eigenvalue weighted by molar-refractivity contribution is 6.32. The predicted molar refractivity (Wildman–Crippen MR) is 129 cm³/mol. The molecule has 2 aliphatic rings. The number of aromatic nitrogens is 1. The molecule has 1 aromatic heterocycles. The van der Waals surface area contributed by atoms with Crippen molar-refractivity contribution in [3.63, 3.8) is 0 Å². The number of aryl methyl sites for hydroxylation is 1. The summed E-state index contributed by atoms with van der Waals surface area (Å²) in [6.45, 7) is 5.74. The topological polar surface area (TPSA) is 89.9 Å². The van der Waals surface area contributed by atoms with Gasteiger partial charge in [-0.25, -0.2) is 4.79 Å². The maximum absolute atomic E-state index is 13.3. The van der Waals surface area contributed by atoms with Crippen LogP contribution in [0, 0.1) is 13.8 Å². The van der Waals surface area contributed by atoms with Crippen LogP contribution < -0.4 is 14.8 Å². The van der Waals surface area contributed by atoms with Gasteiger partial charge in [0.15, 0.2) is 17.3 Å². The van der Waals surface area contributed by atoms with Gasteiger partial charge in [0.25, 0.3) is 5.91 Å². The Morgan fingerprint density at radius 3 is 2.60 bits per heavy atom. The quantitative estimate of drug-likeness (QED) is 0.411. The van der Waals surface area contributed by atoms with E-state index in [1.165, 1.54) is 0 Å². The third-order valence-electron chi connectivity index (χ3n) is 6.64. The molecule has 5 rings (SSSR count). The first-order chi connectivity index (χ1) is 16.7. The third-order valence-corrected chi connectivity index (χ3v) is 6.97. The van der Waals surface area contributed by atoms with Crippen LogP contribution in [-0.4, -0.2) is 40.5 Å². The number of ether oxygens (including phenoxy) is 2. The second-order valence-corrected chi connectivity index (χ2v) is 9.32. The first-order valence-electron chi connectivity index (χ1n) is 11.2. The van der Waals surface area contributed by atoms with Gasteiger partial charge >= 0.3 is 6.03 Å². The molecule has 0 radical (unpaired) electrons. The molecule has 1 atom stereocenters. The fraction of sp³-hybridized carbons (Fsp3) is 0.269. The summed E-state index contributed by atoms with van der Waals surface area (Å²) in [6.07, 6.45) is 0. The van der Waals surface area contributed by atoms with Gasteiger partial charge in [0.1, 0.15) is 5.54 Å². The molecule has 3 amide bonds. The van der Waals surface area contributed by atoms with Crippen molar-refractivity contribution in [1.29, 1.82) is 0 Å². The average Bonchev–Trinajstić information content (AvgIpc) is 3.47. The summed E-state index contributed by atoms with van der Waals surface area (Å²) in [5.74, 6) is 0.573. The Balaban J connectivity index is 1.36. The molecule has 1 fully saturated rings. The van der Waals surface area contributed by atoms with E-state index in [4.69, 9.17) is 21.1 Å². The minimum atomic E-state index is -1.34. The van der Waals surface area contributed by atoms with Gasteiger partial charge in [0.2, 0.25) is 6.79 Å². The van der Waals surface area contributed by atoms with Gasteiger partial charge in [-0.1, -0.05) is 35.9 Å². The zero-order chi connectivity index (χ0) is 24.9. The van der Waals surface area contributed by atoms with Gasteiger partial charge < -0.3 is 19.4 Å².